The van der Waals surface area contributed by atoms with Crippen LogP contribution in [0.1, 0.15) is 26.6 Å². The van der Waals surface area contributed by atoms with Gasteiger partial charge in [-0.15, -0.1) is 11.3 Å². The van der Waals surface area contributed by atoms with E-state index in [0.717, 1.165) is 16.6 Å². The lowest BCUT2D eigenvalue weighted by Crippen LogP contribution is -2.50. The second-order valence-electron chi connectivity index (χ2n) is 8.09. The van der Waals surface area contributed by atoms with Crippen LogP contribution in [0.4, 0.5) is 0 Å². The molecule has 12 heteroatoms. The van der Waals surface area contributed by atoms with Crippen LogP contribution in [0.15, 0.2) is 81.9 Å². The summed E-state index contributed by atoms with van der Waals surface area (Å²) >= 11 is 1.41. The number of carbonyl (C=O) groups is 1. The zero-order valence-electron chi connectivity index (χ0n) is 19.4. The highest BCUT2D eigenvalue weighted by molar-refractivity contribution is 7.89. The van der Waals surface area contributed by atoms with Gasteiger partial charge in [0, 0.05) is 18.0 Å². The van der Waals surface area contributed by atoms with Gasteiger partial charge in [-0.05, 0) is 36.4 Å². The molecule has 2 N–H and O–H groups in total. The molecule has 1 amide bonds. The van der Waals surface area contributed by atoms with E-state index in [4.69, 9.17) is 4.52 Å². The molecule has 0 saturated carbocycles. The van der Waals surface area contributed by atoms with Crippen molar-refractivity contribution in [3.8, 4) is 0 Å². The maximum atomic E-state index is 13.5. The minimum atomic E-state index is -4.05. The molecule has 3 heterocycles. The number of rotatable bonds is 11. The summed E-state index contributed by atoms with van der Waals surface area (Å²) < 4.78 is 33.2. The summed E-state index contributed by atoms with van der Waals surface area (Å²) in [5, 5.41) is 27.0. The van der Waals surface area contributed by atoms with Crippen LogP contribution in [0.5, 0.6) is 0 Å². The van der Waals surface area contributed by atoms with Crippen LogP contribution in [0.3, 0.4) is 0 Å². The fraction of sp³-hybridized carbons (Fsp3) is 0.250. The minimum absolute atomic E-state index is 0.0436. The molecule has 0 fully saturated rings. The van der Waals surface area contributed by atoms with Gasteiger partial charge in [0.1, 0.15) is 4.90 Å². The second kappa shape index (κ2) is 11.5. The fourth-order valence-corrected chi connectivity index (χ4v) is 5.98. The zero-order chi connectivity index (χ0) is 25.5. The van der Waals surface area contributed by atoms with Crippen LogP contribution >= 0.6 is 11.3 Å². The van der Waals surface area contributed by atoms with E-state index >= 15 is 0 Å². The van der Waals surface area contributed by atoms with E-state index in [1.807, 2.05) is 47.8 Å². The number of amides is 1. The van der Waals surface area contributed by atoms with E-state index < -0.39 is 28.1 Å². The van der Waals surface area contributed by atoms with Gasteiger partial charge in [0.2, 0.25) is 10.0 Å². The number of sulfonamides is 1. The largest absolute Gasteiger partial charge is 0.390 e. The van der Waals surface area contributed by atoms with Gasteiger partial charge in [0.05, 0.1) is 36.3 Å². The van der Waals surface area contributed by atoms with Crippen molar-refractivity contribution in [2.24, 2.45) is 0 Å². The van der Waals surface area contributed by atoms with Gasteiger partial charge >= 0.3 is 0 Å². The van der Waals surface area contributed by atoms with E-state index in [2.05, 4.69) is 20.7 Å². The number of hydrogen-bond donors (Lipinski definition) is 2. The molecular weight excluding hydrogens is 502 g/mol. The molecule has 0 spiro atoms. The first-order chi connectivity index (χ1) is 17.3. The average Bonchev–Trinajstić information content (AvgIpc) is 3.56. The second-order valence-corrected chi connectivity index (χ2v) is 11.0. The number of thiophene rings is 1. The first-order valence-electron chi connectivity index (χ1n) is 11.1. The molecule has 2 atom stereocenters. The quantitative estimate of drug-likeness (QED) is 0.303. The number of nitrogens with zero attached hydrogens (tertiary/aromatic N) is 4. The predicted molar refractivity (Wildman–Crippen MR) is 133 cm³/mol. The Labute approximate surface area is 212 Å². The number of aromatic nitrogens is 3. The Morgan fingerprint density at radius 2 is 1.94 bits per heavy atom. The van der Waals surface area contributed by atoms with Gasteiger partial charge in [-0.2, -0.15) is 14.5 Å². The molecule has 0 aliphatic carbocycles. The van der Waals surface area contributed by atoms with Crippen molar-refractivity contribution >= 4 is 27.3 Å². The number of hydrogen-bond acceptors (Lipinski definition) is 9. The fourth-order valence-electron chi connectivity index (χ4n) is 3.66. The van der Waals surface area contributed by atoms with Crippen LogP contribution in [0, 0.1) is 6.92 Å². The molecule has 36 heavy (non-hydrogen) atoms. The van der Waals surface area contributed by atoms with Crippen molar-refractivity contribution in [2.75, 3.05) is 6.54 Å². The molecule has 3 aromatic heterocycles. The molecule has 0 radical (unpaired) electrons. The molecule has 4 aromatic rings. The SMILES string of the molecule is Cc1oncc1S(=O)(=O)N(Cc1cccs1)CC(O)C(Cc1ccccc1)NC(=O)c1ccnnc1. The summed E-state index contributed by atoms with van der Waals surface area (Å²) in [5.41, 5.74) is 1.15. The third-order valence-corrected chi connectivity index (χ3v) is 8.32. The van der Waals surface area contributed by atoms with Gasteiger partial charge in [-0.3, -0.25) is 4.79 Å². The maximum absolute atomic E-state index is 13.5. The smallest absolute Gasteiger partial charge is 0.253 e. The van der Waals surface area contributed by atoms with Crippen molar-refractivity contribution in [3.63, 3.8) is 0 Å². The highest BCUT2D eigenvalue weighted by Crippen LogP contribution is 2.24. The highest BCUT2D eigenvalue weighted by atomic mass is 32.2. The van der Waals surface area contributed by atoms with E-state index in [9.17, 15) is 18.3 Å². The predicted octanol–water partition coefficient (Wildman–Crippen LogP) is 2.43. The van der Waals surface area contributed by atoms with Crippen molar-refractivity contribution in [1.82, 2.24) is 25.0 Å². The lowest BCUT2D eigenvalue weighted by atomic mass is 10.0. The number of benzene rings is 1. The van der Waals surface area contributed by atoms with Crippen LogP contribution < -0.4 is 5.32 Å². The molecule has 0 bridgehead atoms. The van der Waals surface area contributed by atoms with Crippen LogP contribution in [0.25, 0.3) is 0 Å². The molecular formula is C24H25N5O5S2. The zero-order valence-corrected chi connectivity index (χ0v) is 21.0. The van der Waals surface area contributed by atoms with Gasteiger partial charge in [-0.1, -0.05) is 41.6 Å². The Kier molecular flexibility index (Phi) is 8.21. The van der Waals surface area contributed by atoms with Crippen LogP contribution in [-0.2, 0) is 23.0 Å². The molecule has 0 saturated heterocycles. The average molecular weight is 528 g/mol. The summed E-state index contributed by atoms with van der Waals surface area (Å²) in [5.74, 6) is -0.299. The lowest BCUT2D eigenvalue weighted by Gasteiger charge is -2.29. The number of aliphatic hydroxyl groups is 1. The monoisotopic (exact) mass is 527 g/mol. The van der Waals surface area contributed by atoms with Gasteiger partial charge in [-0.25, -0.2) is 8.42 Å². The Hall–Kier alpha value is -3.45. The van der Waals surface area contributed by atoms with Gasteiger partial charge in [0.25, 0.3) is 5.91 Å². The van der Waals surface area contributed by atoms with E-state index in [-0.39, 0.29) is 35.7 Å². The molecule has 2 unspecified atom stereocenters. The molecule has 0 aliphatic rings. The van der Waals surface area contributed by atoms with Crippen LogP contribution in [0.2, 0.25) is 0 Å². The summed E-state index contributed by atoms with van der Waals surface area (Å²) in [7, 11) is -4.05. The van der Waals surface area contributed by atoms with E-state index in [1.54, 1.807) is 0 Å². The van der Waals surface area contributed by atoms with E-state index in [0.29, 0.717) is 0 Å². The summed E-state index contributed by atoms with van der Waals surface area (Å²) in [6.07, 6.45) is 2.92. The Morgan fingerprint density at radius 3 is 2.58 bits per heavy atom. The highest BCUT2D eigenvalue weighted by Gasteiger charge is 2.33. The van der Waals surface area contributed by atoms with Crippen molar-refractivity contribution in [1.29, 1.82) is 0 Å². The van der Waals surface area contributed by atoms with E-state index in [1.165, 1.54) is 41.0 Å². The first kappa shape index (κ1) is 25.6. The molecule has 10 nitrogen and oxygen atoms in total. The lowest BCUT2D eigenvalue weighted by molar-refractivity contribution is 0.0779. The molecule has 0 aliphatic heterocycles. The summed E-state index contributed by atoms with van der Waals surface area (Å²) in [4.78, 5) is 13.6. The number of carbonyl (C=O) groups excluding carboxylic acids is 1. The number of aryl methyl sites for hydroxylation is 1. The molecule has 1 aromatic carbocycles. The van der Waals surface area contributed by atoms with Gasteiger partial charge < -0.3 is 14.9 Å². The Balaban J connectivity index is 1.62. The Morgan fingerprint density at radius 1 is 1.14 bits per heavy atom. The third kappa shape index (κ3) is 6.21. The van der Waals surface area contributed by atoms with Gasteiger partial charge in [0.15, 0.2) is 5.76 Å². The standard InChI is InChI=1S/C24H25N5O5S2/c1-17-23(14-27-34-17)36(32,33)29(15-20-8-5-11-35-20)16-22(30)21(12-18-6-3-2-4-7-18)28-24(31)19-9-10-25-26-13-19/h2-11,13-14,21-22,30H,12,15-16H2,1H3,(H,28,31). The summed E-state index contributed by atoms with van der Waals surface area (Å²) in [6.45, 7) is 1.29. The third-order valence-electron chi connectivity index (χ3n) is 5.55. The Bertz CT molecular complexity index is 1360. The van der Waals surface area contributed by atoms with Crippen molar-refractivity contribution < 1.29 is 22.8 Å². The molecule has 188 valence electrons. The molecule has 4 rings (SSSR count). The maximum Gasteiger partial charge on any atom is 0.253 e. The summed E-state index contributed by atoms with van der Waals surface area (Å²) in [6, 6.07) is 13.7. The topological polar surface area (TPSA) is 139 Å². The number of nitrogens with one attached hydrogen (secondary N) is 1. The van der Waals surface area contributed by atoms with Crippen molar-refractivity contribution in [2.45, 2.75) is 36.9 Å². The minimum Gasteiger partial charge on any atom is -0.390 e. The first-order valence-corrected chi connectivity index (χ1v) is 13.4. The van der Waals surface area contributed by atoms with Crippen LogP contribution in [-0.4, -0.2) is 57.8 Å². The van der Waals surface area contributed by atoms with Crippen molar-refractivity contribution in [3.05, 3.63) is 94.3 Å². The normalized spacial score (nSPS) is 13.4. The number of aliphatic hydroxyl groups excluding tert-OH is 1.